The molecular formula is C25H21Cl2F3N5O+. The number of amides is 1. The van der Waals surface area contributed by atoms with Crippen molar-refractivity contribution in [1.29, 1.82) is 0 Å². The van der Waals surface area contributed by atoms with Crippen molar-refractivity contribution in [3.05, 3.63) is 87.7 Å². The largest absolute Gasteiger partial charge is 0.433 e. The molecular weight excluding hydrogens is 514 g/mol. The number of quaternary nitrogens is 1. The van der Waals surface area contributed by atoms with E-state index in [1.165, 1.54) is 10.5 Å². The highest BCUT2D eigenvalue weighted by Crippen LogP contribution is 2.35. The van der Waals surface area contributed by atoms with Crippen molar-refractivity contribution < 1.29 is 22.9 Å². The Morgan fingerprint density at radius 1 is 1.00 bits per heavy atom. The standard InChI is InChI=1S/C25H20Cl2F3N5O/c26-18-8-6-17(7-9-18)19-14-20(25(28,29)30)35-23(31-19)21(27)22(32-35)24(36)34-12-10-33(11-13-34)15-16-4-2-1-3-5-16/h1-9,14H,10-13,15H2/p+1. The third kappa shape index (κ3) is 4.91. The number of rotatable bonds is 4. The highest BCUT2D eigenvalue weighted by molar-refractivity contribution is 6.36. The van der Waals surface area contributed by atoms with E-state index in [0.717, 1.165) is 12.6 Å². The number of alkyl halides is 3. The SMILES string of the molecule is O=C(c1nn2c(C(F)(F)F)cc(-c3ccc(Cl)cc3)nc2c1Cl)N1CC[NH+](Cc2ccccc2)CC1. The Bertz CT molecular complexity index is 1400. The summed E-state index contributed by atoms with van der Waals surface area (Å²) in [5.41, 5.74) is 0.136. The average molecular weight is 535 g/mol. The predicted octanol–water partition coefficient (Wildman–Crippen LogP) is 4.26. The number of carbonyl (C=O) groups excluding carboxylic acids is 1. The van der Waals surface area contributed by atoms with Crippen LogP contribution in [0.5, 0.6) is 0 Å². The van der Waals surface area contributed by atoms with Gasteiger partial charge in [-0.3, -0.25) is 4.79 Å². The number of carbonyl (C=O) groups is 1. The molecule has 0 atom stereocenters. The van der Waals surface area contributed by atoms with Crippen LogP contribution in [0.25, 0.3) is 16.9 Å². The summed E-state index contributed by atoms with van der Waals surface area (Å²) in [5.74, 6) is -0.509. The minimum Gasteiger partial charge on any atom is -0.328 e. The predicted molar refractivity (Wildman–Crippen MR) is 130 cm³/mol. The Hall–Kier alpha value is -3.14. The van der Waals surface area contributed by atoms with Crippen molar-refractivity contribution in [3.63, 3.8) is 0 Å². The summed E-state index contributed by atoms with van der Waals surface area (Å²) >= 11 is 12.3. The van der Waals surface area contributed by atoms with Crippen LogP contribution in [0.15, 0.2) is 60.7 Å². The van der Waals surface area contributed by atoms with Gasteiger partial charge in [-0.2, -0.15) is 18.3 Å². The van der Waals surface area contributed by atoms with Crippen LogP contribution in [0.1, 0.15) is 21.7 Å². The molecule has 6 nitrogen and oxygen atoms in total. The molecule has 0 spiro atoms. The quantitative estimate of drug-likeness (QED) is 0.425. The highest BCUT2D eigenvalue weighted by atomic mass is 35.5. The molecule has 1 saturated heterocycles. The Kier molecular flexibility index (Phi) is 6.63. The third-order valence-corrected chi connectivity index (χ3v) is 6.82. The van der Waals surface area contributed by atoms with Gasteiger partial charge in [0.2, 0.25) is 0 Å². The Morgan fingerprint density at radius 3 is 2.31 bits per heavy atom. The molecule has 186 valence electrons. The van der Waals surface area contributed by atoms with E-state index in [0.29, 0.717) is 41.3 Å². The van der Waals surface area contributed by atoms with Crippen molar-refractivity contribution in [2.45, 2.75) is 12.7 Å². The maximum atomic E-state index is 13.9. The summed E-state index contributed by atoms with van der Waals surface area (Å²) in [6.07, 6.45) is -4.75. The summed E-state index contributed by atoms with van der Waals surface area (Å²) in [4.78, 5) is 20.4. The minimum absolute atomic E-state index is 0.0467. The molecule has 1 fully saturated rings. The van der Waals surface area contributed by atoms with E-state index in [1.807, 2.05) is 18.2 Å². The van der Waals surface area contributed by atoms with Gasteiger partial charge in [0, 0.05) is 16.1 Å². The third-order valence-electron chi connectivity index (χ3n) is 6.22. The minimum atomic E-state index is -4.75. The van der Waals surface area contributed by atoms with E-state index in [-0.39, 0.29) is 22.1 Å². The molecule has 0 radical (unpaired) electrons. The van der Waals surface area contributed by atoms with Gasteiger partial charge in [-0.15, -0.1) is 0 Å². The van der Waals surface area contributed by atoms with Gasteiger partial charge in [0.15, 0.2) is 17.0 Å². The van der Waals surface area contributed by atoms with Crippen LogP contribution in [0.2, 0.25) is 10.0 Å². The number of aromatic nitrogens is 3. The lowest BCUT2D eigenvalue weighted by molar-refractivity contribution is -0.917. The zero-order valence-electron chi connectivity index (χ0n) is 18.9. The van der Waals surface area contributed by atoms with E-state index >= 15 is 0 Å². The molecule has 1 amide bonds. The maximum absolute atomic E-state index is 13.9. The fourth-order valence-corrected chi connectivity index (χ4v) is 4.70. The van der Waals surface area contributed by atoms with Crippen molar-refractivity contribution >= 4 is 34.8 Å². The number of hydrogen-bond donors (Lipinski definition) is 1. The number of benzene rings is 2. The molecule has 3 heterocycles. The van der Waals surface area contributed by atoms with Gasteiger partial charge in [-0.25, -0.2) is 9.50 Å². The molecule has 0 aliphatic carbocycles. The Morgan fingerprint density at radius 2 is 1.67 bits per heavy atom. The van der Waals surface area contributed by atoms with E-state index in [9.17, 15) is 18.0 Å². The maximum Gasteiger partial charge on any atom is 0.433 e. The van der Waals surface area contributed by atoms with Crippen molar-refractivity contribution in [2.24, 2.45) is 0 Å². The van der Waals surface area contributed by atoms with Gasteiger partial charge in [0.1, 0.15) is 11.6 Å². The second-order valence-electron chi connectivity index (χ2n) is 8.63. The molecule has 4 aromatic rings. The Balaban J connectivity index is 1.43. The fraction of sp³-hybridized carbons (Fsp3) is 0.240. The molecule has 2 aromatic heterocycles. The molecule has 1 aliphatic heterocycles. The first-order chi connectivity index (χ1) is 17.2. The highest BCUT2D eigenvalue weighted by Gasteiger charge is 2.37. The molecule has 1 N–H and O–H groups in total. The number of hydrogen-bond acceptors (Lipinski definition) is 3. The van der Waals surface area contributed by atoms with E-state index in [2.05, 4.69) is 22.2 Å². The summed E-state index contributed by atoms with van der Waals surface area (Å²) < 4.78 is 42.4. The normalized spacial score (nSPS) is 15.0. The first-order valence-corrected chi connectivity index (χ1v) is 12.1. The van der Waals surface area contributed by atoms with E-state index in [4.69, 9.17) is 23.2 Å². The lowest BCUT2D eigenvalue weighted by Crippen LogP contribution is -3.13. The molecule has 0 bridgehead atoms. The number of fused-ring (bicyclic) bond motifs is 1. The zero-order chi connectivity index (χ0) is 25.4. The first kappa shape index (κ1) is 24.5. The van der Waals surface area contributed by atoms with Crippen LogP contribution in [0, 0.1) is 0 Å². The van der Waals surface area contributed by atoms with Gasteiger partial charge in [-0.1, -0.05) is 65.7 Å². The van der Waals surface area contributed by atoms with Gasteiger partial charge in [0.05, 0.1) is 31.9 Å². The van der Waals surface area contributed by atoms with Gasteiger partial charge in [-0.05, 0) is 18.2 Å². The lowest BCUT2D eigenvalue weighted by Gasteiger charge is -2.31. The second-order valence-corrected chi connectivity index (χ2v) is 9.45. The monoisotopic (exact) mass is 534 g/mol. The Labute approximate surface area is 214 Å². The fourth-order valence-electron chi connectivity index (χ4n) is 4.34. The molecule has 1 aliphatic rings. The van der Waals surface area contributed by atoms with Crippen molar-refractivity contribution in [1.82, 2.24) is 19.5 Å². The molecule has 0 unspecified atom stereocenters. The average Bonchev–Trinajstić information content (AvgIpc) is 3.20. The summed E-state index contributed by atoms with van der Waals surface area (Å²) in [5, 5.41) is 4.21. The number of nitrogens with one attached hydrogen (secondary N) is 1. The molecule has 36 heavy (non-hydrogen) atoms. The van der Waals surface area contributed by atoms with Crippen molar-refractivity contribution in [3.8, 4) is 11.3 Å². The summed E-state index contributed by atoms with van der Waals surface area (Å²) in [6.45, 7) is 3.14. The second kappa shape index (κ2) is 9.72. The van der Waals surface area contributed by atoms with Gasteiger partial charge in [0.25, 0.3) is 5.91 Å². The van der Waals surface area contributed by atoms with Crippen LogP contribution in [0.3, 0.4) is 0 Å². The number of piperazine rings is 1. The van der Waals surface area contributed by atoms with E-state index < -0.39 is 17.8 Å². The smallest absolute Gasteiger partial charge is 0.328 e. The number of nitrogens with zero attached hydrogens (tertiary/aromatic N) is 4. The number of halogens is 5. The van der Waals surface area contributed by atoms with E-state index in [1.54, 1.807) is 29.2 Å². The van der Waals surface area contributed by atoms with Crippen LogP contribution < -0.4 is 4.90 Å². The van der Waals surface area contributed by atoms with Crippen LogP contribution >= 0.6 is 23.2 Å². The lowest BCUT2D eigenvalue weighted by atomic mass is 10.1. The van der Waals surface area contributed by atoms with Gasteiger partial charge < -0.3 is 9.80 Å². The van der Waals surface area contributed by atoms with Crippen LogP contribution in [-0.4, -0.2) is 51.6 Å². The molecule has 5 rings (SSSR count). The topological polar surface area (TPSA) is 54.9 Å². The van der Waals surface area contributed by atoms with Gasteiger partial charge >= 0.3 is 6.18 Å². The van der Waals surface area contributed by atoms with Crippen LogP contribution in [0.4, 0.5) is 13.2 Å². The van der Waals surface area contributed by atoms with Crippen LogP contribution in [-0.2, 0) is 12.7 Å². The summed E-state index contributed by atoms with van der Waals surface area (Å²) in [6, 6.07) is 17.2. The first-order valence-electron chi connectivity index (χ1n) is 11.3. The summed E-state index contributed by atoms with van der Waals surface area (Å²) in [7, 11) is 0. The zero-order valence-corrected chi connectivity index (χ0v) is 20.4. The molecule has 11 heteroatoms. The molecule has 2 aromatic carbocycles. The molecule has 0 saturated carbocycles. The van der Waals surface area contributed by atoms with Crippen molar-refractivity contribution in [2.75, 3.05) is 26.2 Å².